The Bertz CT molecular complexity index is 702. The first-order chi connectivity index (χ1) is 9.25. The second kappa shape index (κ2) is 4.61. The minimum Gasteiger partial charge on any atom is -0.507 e. The summed E-state index contributed by atoms with van der Waals surface area (Å²) in [6.07, 6.45) is 1.60. The third-order valence-corrected chi connectivity index (χ3v) is 3.06. The molecule has 94 valence electrons. The Morgan fingerprint density at radius 1 is 1.00 bits per heavy atom. The van der Waals surface area contributed by atoms with Gasteiger partial charge in [-0.3, -0.25) is 0 Å². The molecule has 0 spiro atoms. The monoisotopic (exact) mass is 251 g/mol. The third kappa shape index (κ3) is 2.10. The van der Waals surface area contributed by atoms with E-state index in [4.69, 9.17) is 4.52 Å². The van der Waals surface area contributed by atoms with E-state index in [-0.39, 0.29) is 5.75 Å². The van der Waals surface area contributed by atoms with E-state index < -0.39 is 0 Å². The topological polar surface area (TPSA) is 46.3 Å². The standard InChI is InChI=1S/C16H13NO2/c1-11-7-8-15(18)13(9-11)16-14(10-19-17-16)12-5-3-2-4-6-12/h2-10,18H,1H3. The van der Waals surface area contributed by atoms with E-state index in [1.54, 1.807) is 12.3 Å². The summed E-state index contributed by atoms with van der Waals surface area (Å²) in [5.41, 5.74) is 4.30. The predicted octanol–water partition coefficient (Wildman–Crippen LogP) is 4.02. The van der Waals surface area contributed by atoms with Crippen molar-refractivity contribution in [2.75, 3.05) is 0 Å². The fourth-order valence-electron chi connectivity index (χ4n) is 2.09. The van der Waals surface area contributed by atoms with Crippen LogP contribution in [0.25, 0.3) is 22.4 Å². The van der Waals surface area contributed by atoms with E-state index in [1.807, 2.05) is 49.4 Å². The summed E-state index contributed by atoms with van der Waals surface area (Å²) in [6.45, 7) is 1.98. The molecule has 1 heterocycles. The molecule has 1 N–H and O–H groups in total. The van der Waals surface area contributed by atoms with Gasteiger partial charge in [0.15, 0.2) is 0 Å². The summed E-state index contributed by atoms with van der Waals surface area (Å²) >= 11 is 0. The summed E-state index contributed by atoms with van der Waals surface area (Å²) in [6, 6.07) is 15.3. The molecule has 0 radical (unpaired) electrons. The van der Waals surface area contributed by atoms with Gasteiger partial charge >= 0.3 is 0 Å². The van der Waals surface area contributed by atoms with Gasteiger partial charge in [0.25, 0.3) is 0 Å². The molecular formula is C16H13NO2. The molecule has 3 aromatic rings. The van der Waals surface area contributed by atoms with Crippen LogP contribution in [0.3, 0.4) is 0 Å². The molecule has 0 fully saturated rings. The Hall–Kier alpha value is -2.55. The lowest BCUT2D eigenvalue weighted by atomic mass is 10.00. The van der Waals surface area contributed by atoms with Gasteiger partial charge in [0.05, 0.1) is 0 Å². The molecule has 1 aromatic heterocycles. The van der Waals surface area contributed by atoms with Crippen LogP contribution in [0.1, 0.15) is 5.56 Å². The minimum atomic E-state index is 0.205. The van der Waals surface area contributed by atoms with Crippen molar-refractivity contribution in [2.45, 2.75) is 6.92 Å². The van der Waals surface area contributed by atoms with Crippen LogP contribution in [-0.4, -0.2) is 10.3 Å². The van der Waals surface area contributed by atoms with Gasteiger partial charge in [-0.05, 0) is 24.6 Å². The van der Waals surface area contributed by atoms with Crippen LogP contribution in [0, 0.1) is 6.92 Å². The molecule has 2 aromatic carbocycles. The normalized spacial score (nSPS) is 10.6. The summed E-state index contributed by atoms with van der Waals surface area (Å²) in [7, 11) is 0. The zero-order valence-electron chi connectivity index (χ0n) is 10.5. The van der Waals surface area contributed by atoms with Crippen LogP contribution in [0.2, 0.25) is 0 Å². The van der Waals surface area contributed by atoms with E-state index >= 15 is 0 Å². The van der Waals surface area contributed by atoms with Crippen LogP contribution in [-0.2, 0) is 0 Å². The molecular weight excluding hydrogens is 238 g/mol. The van der Waals surface area contributed by atoms with Crippen LogP contribution in [0.5, 0.6) is 5.75 Å². The Morgan fingerprint density at radius 3 is 2.58 bits per heavy atom. The number of hydrogen-bond acceptors (Lipinski definition) is 3. The average Bonchev–Trinajstić information content (AvgIpc) is 2.91. The Kier molecular flexibility index (Phi) is 2.80. The number of rotatable bonds is 2. The molecule has 3 rings (SSSR count). The summed E-state index contributed by atoms with van der Waals surface area (Å²) in [4.78, 5) is 0. The van der Waals surface area contributed by atoms with E-state index in [2.05, 4.69) is 5.16 Å². The largest absolute Gasteiger partial charge is 0.507 e. The van der Waals surface area contributed by atoms with Gasteiger partial charge in [-0.2, -0.15) is 0 Å². The molecule has 0 saturated carbocycles. The van der Waals surface area contributed by atoms with E-state index in [9.17, 15) is 5.11 Å². The number of nitrogens with zero attached hydrogens (tertiary/aromatic N) is 1. The number of aromatic hydroxyl groups is 1. The van der Waals surface area contributed by atoms with Crippen molar-refractivity contribution < 1.29 is 9.63 Å². The van der Waals surface area contributed by atoms with Crippen molar-refractivity contribution in [3.63, 3.8) is 0 Å². The van der Waals surface area contributed by atoms with E-state index in [0.29, 0.717) is 11.3 Å². The zero-order chi connectivity index (χ0) is 13.2. The molecule has 0 unspecified atom stereocenters. The van der Waals surface area contributed by atoms with Crippen molar-refractivity contribution in [1.82, 2.24) is 5.16 Å². The van der Waals surface area contributed by atoms with Crippen molar-refractivity contribution in [3.05, 3.63) is 60.4 Å². The number of aryl methyl sites for hydroxylation is 1. The third-order valence-electron chi connectivity index (χ3n) is 3.06. The highest BCUT2D eigenvalue weighted by molar-refractivity contribution is 5.82. The van der Waals surface area contributed by atoms with Crippen molar-refractivity contribution in [2.24, 2.45) is 0 Å². The molecule has 0 aliphatic carbocycles. The van der Waals surface area contributed by atoms with Crippen molar-refractivity contribution in [3.8, 4) is 28.1 Å². The Balaban J connectivity index is 2.18. The highest BCUT2D eigenvalue weighted by Gasteiger charge is 2.15. The molecule has 3 heteroatoms. The van der Waals surface area contributed by atoms with Crippen molar-refractivity contribution in [1.29, 1.82) is 0 Å². The molecule has 0 amide bonds. The zero-order valence-corrected chi connectivity index (χ0v) is 10.5. The number of benzene rings is 2. The summed E-state index contributed by atoms with van der Waals surface area (Å²) in [5.74, 6) is 0.205. The van der Waals surface area contributed by atoms with E-state index in [1.165, 1.54) is 0 Å². The first kappa shape index (κ1) is 11.5. The number of aromatic nitrogens is 1. The van der Waals surface area contributed by atoms with Gasteiger partial charge in [0.2, 0.25) is 0 Å². The lowest BCUT2D eigenvalue weighted by Gasteiger charge is -2.05. The maximum absolute atomic E-state index is 10.00. The molecule has 0 atom stereocenters. The Labute approximate surface area is 111 Å². The van der Waals surface area contributed by atoms with Gasteiger partial charge in [-0.15, -0.1) is 0 Å². The summed E-state index contributed by atoms with van der Waals surface area (Å²) in [5, 5.41) is 14.0. The molecule has 19 heavy (non-hydrogen) atoms. The summed E-state index contributed by atoms with van der Waals surface area (Å²) < 4.78 is 5.09. The molecule has 0 aliphatic heterocycles. The van der Waals surface area contributed by atoms with Gasteiger partial charge in [-0.25, -0.2) is 0 Å². The van der Waals surface area contributed by atoms with Gasteiger partial charge in [-0.1, -0.05) is 47.1 Å². The lowest BCUT2D eigenvalue weighted by molar-refractivity contribution is 0.421. The smallest absolute Gasteiger partial charge is 0.132 e. The van der Waals surface area contributed by atoms with Crippen LogP contribution in [0.4, 0.5) is 0 Å². The maximum atomic E-state index is 10.00. The first-order valence-electron chi connectivity index (χ1n) is 6.05. The van der Waals surface area contributed by atoms with Crippen LogP contribution in [0.15, 0.2) is 59.3 Å². The van der Waals surface area contributed by atoms with Crippen LogP contribution < -0.4 is 0 Å². The maximum Gasteiger partial charge on any atom is 0.132 e. The highest BCUT2D eigenvalue weighted by atomic mass is 16.5. The minimum absolute atomic E-state index is 0.205. The molecule has 0 bridgehead atoms. The van der Waals surface area contributed by atoms with Crippen molar-refractivity contribution >= 4 is 0 Å². The van der Waals surface area contributed by atoms with Gasteiger partial charge < -0.3 is 9.63 Å². The quantitative estimate of drug-likeness (QED) is 0.748. The number of hydrogen-bond donors (Lipinski definition) is 1. The first-order valence-corrected chi connectivity index (χ1v) is 6.05. The van der Waals surface area contributed by atoms with E-state index in [0.717, 1.165) is 16.7 Å². The Morgan fingerprint density at radius 2 is 1.79 bits per heavy atom. The predicted molar refractivity (Wildman–Crippen MR) is 73.8 cm³/mol. The molecule has 3 nitrogen and oxygen atoms in total. The number of phenols is 1. The molecule has 0 saturated heterocycles. The van der Waals surface area contributed by atoms with Crippen LogP contribution >= 0.6 is 0 Å². The van der Waals surface area contributed by atoms with Gasteiger partial charge in [0, 0.05) is 11.1 Å². The fraction of sp³-hybridized carbons (Fsp3) is 0.0625. The fourth-order valence-corrected chi connectivity index (χ4v) is 2.09. The number of phenolic OH excluding ortho intramolecular Hbond substituents is 1. The lowest BCUT2D eigenvalue weighted by Crippen LogP contribution is -1.84. The highest BCUT2D eigenvalue weighted by Crippen LogP contribution is 2.36. The second-order valence-corrected chi connectivity index (χ2v) is 4.46. The average molecular weight is 251 g/mol. The van der Waals surface area contributed by atoms with Gasteiger partial charge in [0.1, 0.15) is 17.7 Å². The molecule has 0 aliphatic rings. The second-order valence-electron chi connectivity index (χ2n) is 4.46. The SMILES string of the molecule is Cc1ccc(O)c(-c2nocc2-c2ccccc2)c1.